The van der Waals surface area contributed by atoms with Gasteiger partial charge in [-0.2, -0.15) is 23.3 Å². The number of pyridine rings is 1. The lowest BCUT2D eigenvalue weighted by Crippen LogP contribution is -2.14. The number of carbonyl (C=O) groups is 1. The molecule has 164 valence electrons. The molecule has 0 unspecified atom stereocenters. The minimum atomic E-state index is -4.65. The van der Waals surface area contributed by atoms with Crippen molar-refractivity contribution in [2.75, 3.05) is 6.61 Å². The molecule has 4 rings (SSSR count). The molecule has 2 aromatic heterocycles. The summed E-state index contributed by atoms with van der Waals surface area (Å²) in [5.74, 6) is -0.486. The van der Waals surface area contributed by atoms with Crippen molar-refractivity contribution in [1.82, 2.24) is 14.8 Å². The average molecular weight is 439 g/mol. The summed E-state index contributed by atoms with van der Waals surface area (Å²) in [6.45, 7) is -0.355. The van der Waals surface area contributed by atoms with Gasteiger partial charge in [0.1, 0.15) is 12.3 Å². The number of alkyl halides is 3. The van der Waals surface area contributed by atoms with Gasteiger partial charge in [0.15, 0.2) is 11.4 Å². The van der Waals surface area contributed by atoms with Gasteiger partial charge < -0.3 is 4.74 Å². The van der Waals surface area contributed by atoms with E-state index in [9.17, 15) is 18.0 Å². The second-order valence-corrected chi connectivity index (χ2v) is 7.36. The van der Waals surface area contributed by atoms with E-state index in [-0.39, 0.29) is 41.4 Å². The maximum absolute atomic E-state index is 13.9. The number of aromatic nitrogens is 3. The summed E-state index contributed by atoms with van der Waals surface area (Å²) >= 11 is 0. The van der Waals surface area contributed by atoms with Gasteiger partial charge >= 0.3 is 6.18 Å². The number of aryl methyl sites for hydroxylation is 2. The maximum Gasteiger partial charge on any atom is 0.417 e. The first-order valence-corrected chi connectivity index (χ1v) is 10.0. The standard InChI is InChI=1S/C24H20F3N3O2/c1-30-23-21(22(29-30)17-10-6-3-7-11-17)19(24(25,26)27)14-20(28-23)32-15-18(31)13-12-16-8-4-2-5-9-16/h2-11,14H,12-13,15H2,1H3. The molecule has 0 amide bonds. The fraction of sp³-hybridized carbons (Fsp3) is 0.208. The van der Waals surface area contributed by atoms with E-state index < -0.39 is 11.7 Å². The highest BCUT2D eigenvalue weighted by molar-refractivity contribution is 5.94. The first kappa shape index (κ1) is 21.5. The van der Waals surface area contributed by atoms with Crippen LogP contribution in [0.2, 0.25) is 0 Å². The third-order valence-electron chi connectivity index (χ3n) is 5.04. The molecule has 32 heavy (non-hydrogen) atoms. The molecule has 0 saturated carbocycles. The normalized spacial score (nSPS) is 11.6. The van der Waals surface area contributed by atoms with Gasteiger partial charge in [0.2, 0.25) is 5.88 Å². The number of nitrogens with zero attached hydrogens (tertiary/aromatic N) is 3. The van der Waals surface area contributed by atoms with Crippen molar-refractivity contribution in [1.29, 1.82) is 0 Å². The molecule has 8 heteroatoms. The first-order chi connectivity index (χ1) is 15.3. The van der Waals surface area contributed by atoms with Gasteiger partial charge in [-0.1, -0.05) is 60.7 Å². The van der Waals surface area contributed by atoms with Crippen molar-refractivity contribution in [3.05, 3.63) is 77.9 Å². The topological polar surface area (TPSA) is 57.0 Å². The SMILES string of the molecule is Cn1nc(-c2ccccc2)c2c(C(F)(F)F)cc(OCC(=O)CCc3ccccc3)nc21. The molecule has 0 aliphatic rings. The lowest BCUT2D eigenvalue weighted by Gasteiger charge is -2.12. The van der Waals surface area contributed by atoms with Crippen LogP contribution in [0, 0.1) is 0 Å². The number of ether oxygens (including phenoxy) is 1. The van der Waals surface area contributed by atoms with Crippen LogP contribution in [0.3, 0.4) is 0 Å². The average Bonchev–Trinajstić information content (AvgIpc) is 3.13. The number of fused-ring (bicyclic) bond motifs is 1. The Morgan fingerprint density at radius 3 is 2.34 bits per heavy atom. The van der Waals surface area contributed by atoms with Gasteiger partial charge in [-0.05, 0) is 12.0 Å². The second-order valence-electron chi connectivity index (χ2n) is 7.36. The third-order valence-corrected chi connectivity index (χ3v) is 5.04. The van der Waals surface area contributed by atoms with E-state index in [1.54, 1.807) is 30.3 Å². The molecular formula is C24H20F3N3O2. The number of halogens is 3. The Labute approximate surface area is 182 Å². The zero-order valence-electron chi connectivity index (χ0n) is 17.3. The van der Waals surface area contributed by atoms with E-state index in [1.165, 1.54) is 11.7 Å². The Bertz CT molecular complexity index is 1240. The minimum Gasteiger partial charge on any atom is -0.470 e. The molecule has 0 bridgehead atoms. The van der Waals surface area contributed by atoms with Crippen molar-refractivity contribution in [2.45, 2.75) is 19.0 Å². The van der Waals surface area contributed by atoms with Gasteiger partial charge in [-0.3, -0.25) is 4.79 Å². The zero-order valence-corrected chi connectivity index (χ0v) is 17.3. The maximum atomic E-state index is 13.9. The molecule has 0 N–H and O–H groups in total. The molecule has 0 fully saturated rings. The van der Waals surface area contributed by atoms with E-state index in [2.05, 4.69) is 10.1 Å². The third kappa shape index (κ3) is 4.64. The van der Waals surface area contributed by atoms with E-state index in [1.807, 2.05) is 30.3 Å². The highest BCUT2D eigenvalue weighted by Gasteiger charge is 2.36. The van der Waals surface area contributed by atoms with E-state index in [0.29, 0.717) is 12.0 Å². The molecule has 0 aliphatic carbocycles. The summed E-state index contributed by atoms with van der Waals surface area (Å²) in [4.78, 5) is 16.4. The molecule has 0 radical (unpaired) electrons. The fourth-order valence-electron chi connectivity index (χ4n) is 3.47. The summed E-state index contributed by atoms with van der Waals surface area (Å²) in [5, 5.41) is 4.16. The van der Waals surface area contributed by atoms with Crippen molar-refractivity contribution in [3.8, 4) is 17.1 Å². The molecule has 2 heterocycles. The number of rotatable bonds is 7. The molecular weight excluding hydrogens is 419 g/mol. The van der Waals surface area contributed by atoms with E-state index >= 15 is 0 Å². The van der Waals surface area contributed by atoms with Crippen LogP contribution in [0.1, 0.15) is 17.5 Å². The van der Waals surface area contributed by atoms with E-state index in [4.69, 9.17) is 4.74 Å². The predicted molar refractivity (Wildman–Crippen MR) is 114 cm³/mol. The molecule has 0 atom stereocenters. The van der Waals surface area contributed by atoms with Crippen LogP contribution in [-0.2, 0) is 24.4 Å². The fourth-order valence-corrected chi connectivity index (χ4v) is 3.47. The molecule has 2 aromatic carbocycles. The van der Waals surface area contributed by atoms with Crippen molar-refractivity contribution in [2.24, 2.45) is 7.05 Å². The number of hydrogen-bond donors (Lipinski definition) is 0. The summed E-state index contributed by atoms with van der Waals surface area (Å²) in [6, 6.07) is 18.9. The summed E-state index contributed by atoms with van der Waals surface area (Å²) in [5.41, 5.74) is 0.873. The van der Waals surface area contributed by atoms with E-state index in [0.717, 1.165) is 11.6 Å². The summed E-state index contributed by atoms with van der Waals surface area (Å²) in [7, 11) is 1.52. The van der Waals surface area contributed by atoms with Crippen LogP contribution >= 0.6 is 0 Å². The zero-order chi connectivity index (χ0) is 22.7. The van der Waals surface area contributed by atoms with Crippen LogP contribution in [0.25, 0.3) is 22.3 Å². The highest BCUT2D eigenvalue weighted by Crippen LogP contribution is 2.40. The monoisotopic (exact) mass is 439 g/mol. The Morgan fingerprint density at radius 2 is 1.69 bits per heavy atom. The Kier molecular flexibility index (Phi) is 5.94. The van der Waals surface area contributed by atoms with Gasteiger partial charge in [0.05, 0.1) is 10.9 Å². The Balaban J connectivity index is 1.61. The summed E-state index contributed by atoms with van der Waals surface area (Å²) < 4.78 is 48.4. The molecule has 0 aliphatic heterocycles. The van der Waals surface area contributed by atoms with Crippen LogP contribution in [0.5, 0.6) is 5.88 Å². The number of ketones is 1. The van der Waals surface area contributed by atoms with Crippen LogP contribution in [0.4, 0.5) is 13.2 Å². The van der Waals surface area contributed by atoms with Crippen LogP contribution in [-0.4, -0.2) is 27.2 Å². The largest absolute Gasteiger partial charge is 0.470 e. The summed E-state index contributed by atoms with van der Waals surface area (Å²) in [6.07, 6.45) is -3.89. The Hall–Kier alpha value is -3.68. The van der Waals surface area contributed by atoms with Gasteiger partial charge in [0.25, 0.3) is 0 Å². The molecule has 0 spiro atoms. The smallest absolute Gasteiger partial charge is 0.417 e. The van der Waals surface area contributed by atoms with Crippen molar-refractivity contribution >= 4 is 16.8 Å². The lowest BCUT2D eigenvalue weighted by molar-refractivity contribution is -0.136. The number of hydrogen-bond acceptors (Lipinski definition) is 4. The second kappa shape index (κ2) is 8.82. The van der Waals surface area contributed by atoms with Gasteiger partial charge in [-0.15, -0.1) is 0 Å². The minimum absolute atomic E-state index is 0.0328. The Morgan fingerprint density at radius 1 is 1.03 bits per heavy atom. The number of Topliss-reactive ketones (excluding diaryl/α,β-unsaturated/α-hetero) is 1. The quantitative estimate of drug-likeness (QED) is 0.395. The molecule has 0 saturated heterocycles. The predicted octanol–water partition coefficient (Wildman–Crippen LogP) is 5.23. The number of benzene rings is 2. The highest BCUT2D eigenvalue weighted by atomic mass is 19.4. The first-order valence-electron chi connectivity index (χ1n) is 10.0. The van der Waals surface area contributed by atoms with Crippen molar-refractivity contribution < 1.29 is 22.7 Å². The van der Waals surface area contributed by atoms with Gasteiger partial charge in [-0.25, -0.2) is 4.68 Å². The van der Waals surface area contributed by atoms with Crippen LogP contribution in [0.15, 0.2) is 66.7 Å². The lowest BCUT2D eigenvalue weighted by atomic mass is 10.0. The van der Waals surface area contributed by atoms with Gasteiger partial charge in [0, 0.05) is 25.1 Å². The molecule has 5 nitrogen and oxygen atoms in total. The van der Waals surface area contributed by atoms with Crippen LogP contribution < -0.4 is 4.74 Å². The van der Waals surface area contributed by atoms with Crippen molar-refractivity contribution in [3.63, 3.8) is 0 Å². The molecule has 4 aromatic rings. The number of carbonyl (C=O) groups excluding carboxylic acids is 1.